The van der Waals surface area contributed by atoms with E-state index in [0.29, 0.717) is 6.04 Å². The highest BCUT2D eigenvalue weighted by Gasteiger charge is 2.62. The standard InChI is InChI=1S/C26H33N3O3S.H2/c1-5-22(29(4)25(30)24-18-14-33(31,32)15-19(18)24)21-11-10-17(13-27-21)28-23-12-16-8-6-7-9-20(16)26(23,2)3;/h6-11,13,18-19,22-24,28H,5,12,14-15H2,1-4H3;1H/t18?,19?,22-,23?,24?;/m1./s1. The van der Waals surface area contributed by atoms with E-state index in [1.54, 1.807) is 4.90 Å². The van der Waals surface area contributed by atoms with Crippen LogP contribution in [-0.4, -0.2) is 48.8 Å². The van der Waals surface area contributed by atoms with Crippen molar-refractivity contribution in [2.45, 2.75) is 51.1 Å². The van der Waals surface area contributed by atoms with Crippen molar-refractivity contribution in [3.63, 3.8) is 0 Å². The van der Waals surface area contributed by atoms with Gasteiger partial charge in [0.05, 0.1) is 35.1 Å². The molecule has 3 aliphatic rings. The number of hydrogen-bond donors (Lipinski definition) is 1. The number of benzene rings is 1. The summed E-state index contributed by atoms with van der Waals surface area (Å²) in [6, 6.07) is 12.9. The van der Waals surface area contributed by atoms with Gasteiger partial charge in [-0.1, -0.05) is 45.0 Å². The average Bonchev–Trinajstić information content (AvgIpc) is 3.20. The minimum Gasteiger partial charge on any atom is -0.380 e. The fourth-order valence-corrected chi connectivity index (χ4v) is 8.32. The molecule has 1 N–H and O–H groups in total. The number of pyridine rings is 1. The summed E-state index contributed by atoms with van der Waals surface area (Å²) in [6.45, 7) is 6.62. The van der Waals surface area contributed by atoms with Crippen LogP contribution in [0.2, 0.25) is 0 Å². The number of sulfone groups is 1. The Hall–Kier alpha value is -2.41. The summed E-state index contributed by atoms with van der Waals surface area (Å²) >= 11 is 0. The molecule has 2 aliphatic carbocycles. The first kappa shape index (κ1) is 22.4. The average molecular weight is 470 g/mol. The van der Waals surface area contributed by atoms with Gasteiger partial charge in [-0.3, -0.25) is 9.78 Å². The van der Waals surface area contributed by atoms with Crippen LogP contribution in [0.25, 0.3) is 0 Å². The zero-order valence-corrected chi connectivity index (χ0v) is 20.6. The van der Waals surface area contributed by atoms with E-state index in [4.69, 9.17) is 4.98 Å². The van der Waals surface area contributed by atoms with Crippen LogP contribution in [0, 0.1) is 17.8 Å². The number of nitrogens with one attached hydrogen (secondary N) is 1. The molecule has 7 heteroatoms. The molecule has 0 radical (unpaired) electrons. The van der Waals surface area contributed by atoms with Gasteiger partial charge in [0.2, 0.25) is 5.91 Å². The Morgan fingerprint density at radius 2 is 1.91 bits per heavy atom. The fraction of sp³-hybridized carbons (Fsp3) is 0.538. The van der Waals surface area contributed by atoms with Gasteiger partial charge in [0.15, 0.2) is 9.84 Å². The molecule has 1 aliphatic heterocycles. The second-order valence-electron chi connectivity index (χ2n) is 10.6. The zero-order valence-electron chi connectivity index (χ0n) is 19.8. The third-order valence-electron chi connectivity index (χ3n) is 8.19. The summed E-state index contributed by atoms with van der Waals surface area (Å²) in [7, 11) is -1.12. The second-order valence-corrected chi connectivity index (χ2v) is 12.7. The minimum atomic E-state index is -2.95. The number of aromatic nitrogens is 1. The van der Waals surface area contributed by atoms with Gasteiger partial charge in [0.1, 0.15) is 0 Å². The summed E-state index contributed by atoms with van der Waals surface area (Å²) in [5, 5.41) is 3.68. The maximum atomic E-state index is 13.1. The zero-order chi connectivity index (χ0) is 23.5. The van der Waals surface area contributed by atoms with E-state index in [0.717, 1.165) is 24.2 Å². The van der Waals surface area contributed by atoms with E-state index < -0.39 is 9.84 Å². The van der Waals surface area contributed by atoms with Gasteiger partial charge in [-0.25, -0.2) is 8.42 Å². The molecule has 1 amide bonds. The lowest BCUT2D eigenvalue weighted by Crippen LogP contribution is -2.36. The van der Waals surface area contributed by atoms with Crippen LogP contribution < -0.4 is 5.32 Å². The van der Waals surface area contributed by atoms with E-state index in [1.165, 1.54) is 11.1 Å². The third kappa shape index (κ3) is 3.84. The number of fused-ring (bicyclic) bond motifs is 2. The van der Waals surface area contributed by atoms with Gasteiger partial charge in [-0.05, 0) is 47.9 Å². The Balaban J connectivity index is 0.00000274. The molecule has 0 bridgehead atoms. The van der Waals surface area contributed by atoms with Crippen molar-refractivity contribution >= 4 is 21.4 Å². The highest BCUT2D eigenvalue weighted by Crippen LogP contribution is 2.54. The minimum absolute atomic E-state index is 0. The Kier molecular flexibility index (Phi) is 5.31. The molecule has 2 fully saturated rings. The molecule has 5 rings (SSSR count). The molecule has 4 atom stereocenters. The Labute approximate surface area is 198 Å². The molecular formula is C26H35N3O3S. The largest absolute Gasteiger partial charge is 0.380 e. The monoisotopic (exact) mass is 469 g/mol. The molecule has 33 heavy (non-hydrogen) atoms. The van der Waals surface area contributed by atoms with Crippen LogP contribution in [0.4, 0.5) is 5.69 Å². The SMILES string of the molecule is CC[C@H](c1ccc(NC2Cc3ccccc3C2(C)C)cn1)N(C)C(=O)C1C2CS(=O)(=O)CC21.[HH]. The van der Waals surface area contributed by atoms with Crippen LogP contribution in [0.15, 0.2) is 42.6 Å². The van der Waals surface area contributed by atoms with E-state index >= 15 is 0 Å². The molecule has 1 saturated heterocycles. The molecule has 1 aromatic heterocycles. The fourth-order valence-electron chi connectivity index (χ4n) is 6.10. The van der Waals surface area contributed by atoms with Crippen molar-refractivity contribution in [3.05, 3.63) is 59.4 Å². The molecule has 6 nitrogen and oxygen atoms in total. The smallest absolute Gasteiger partial charge is 0.226 e. The summed E-state index contributed by atoms with van der Waals surface area (Å²) < 4.78 is 23.5. The summed E-state index contributed by atoms with van der Waals surface area (Å²) in [6.07, 6.45) is 3.61. The number of amides is 1. The molecule has 1 saturated carbocycles. The van der Waals surface area contributed by atoms with Crippen molar-refractivity contribution in [1.29, 1.82) is 0 Å². The third-order valence-corrected chi connectivity index (χ3v) is 9.97. The lowest BCUT2D eigenvalue weighted by molar-refractivity contribution is -0.134. The first-order chi connectivity index (χ1) is 15.6. The van der Waals surface area contributed by atoms with Crippen LogP contribution in [0.1, 0.15) is 51.5 Å². The van der Waals surface area contributed by atoms with Crippen molar-refractivity contribution in [1.82, 2.24) is 9.88 Å². The first-order valence-electron chi connectivity index (χ1n) is 11.9. The summed E-state index contributed by atoms with van der Waals surface area (Å²) in [5.41, 5.74) is 4.68. The van der Waals surface area contributed by atoms with Crippen LogP contribution in [-0.2, 0) is 26.5 Å². The predicted octanol–water partition coefficient (Wildman–Crippen LogP) is 3.84. The van der Waals surface area contributed by atoms with Gasteiger partial charge in [-0.2, -0.15) is 0 Å². The van der Waals surface area contributed by atoms with Crippen molar-refractivity contribution in [2.75, 3.05) is 23.9 Å². The van der Waals surface area contributed by atoms with E-state index in [9.17, 15) is 13.2 Å². The topological polar surface area (TPSA) is 79.4 Å². The maximum absolute atomic E-state index is 13.1. The lowest BCUT2D eigenvalue weighted by atomic mass is 9.83. The van der Waals surface area contributed by atoms with Crippen molar-refractivity contribution < 1.29 is 14.6 Å². The molecule has 2 heterocycles. The van der Waals surface area contributed by atoms with Gasteiger partial charge in [-0.15, -0.1) is 0 Å². The van der Waals surface area contributed by atoms with Crippen LogP contribution in [0.3, 0.4) is 0 Å². The molecular weight excluding hydrogens is 434 g/mol. The van der Waals surface area contributed by atoms with E-state index in [2.05, 4.69) is 56.4 Å². The van der Waals surface area contributed by atoms with Gasteiger partial charge < -0.3 is 10.2 Å². The van der Waals surface area contributed by atoms with E-state index in [-0.39, 0.29) is 48.1 Å². The molecule has 2 aromatic rings. The normalized spacial score (nSPS) is 29.1. The Bertz CT molecular complexity index is 1160. The first-order valence-corrected chi connectivity index (χ1v) is 13.7. The number of nitrogens with zero attached hydrogens (tertiary/aromatic N) is 2. The number of hydrogen-bond acceptors (Lipinski definition) is 5. The molecule has 0 spiro atoms. The van der Waals surface area contributed by atoms with Crippen LogP contribution >= 0.6 is 0 Å². The number of carbonyl (C=O) groups is 1. The second kappa shape index (κ2) is 7.83. The number of rotatable bonds is 6. The predicted molar refractivity (Wildman–Crippen MR) is 132 cm³/mol. The molecule has 178 valence electrons. The maximum Gasteiger partial charge on any atom is 0.226 e. The molecule has 3 unspecified atom stereocenters. The molecule has 1 aromatic carbocycles. The van der Waals surface area contributed by atoms with Crippen molar-refractivity contribution in [2.24, 2.45) is 17.8 Å². The number of carbonyl (C=O) groups excluding carboxylic acids is 1. The Morgan fingerprint density at radius 1 is 1.21 bits per heavy atom. The summed E-state index contributed by atoms with van der Waals surface area (Å²) in [4.78, 5) is 19.6. The highest BCUT2D eigenvalue weighted by molar-refractivity contribution is 7.91. The summed E-state index contributed by atoms with van der Waals surface area (Å²) in [5.74, 6) is 0.278. The van der Waals surface area contributed by atoms with Gasteiger partial charge in [0.25, 0.3) is 0 Å². The van der Waals surface area contributed by atoms with Crippen LogP contribution in [0.5, 0.6) is 0 Å². The van der Waals surface area contributed by atoms with Gasteiger partial charge >= 0.3 is 0 Å². The Morgan fingerprint density at radius 3 is 2.52 bits per heavy atom. The van der Waals surface area contributed by atoms with E-state index in [1.807, 2.05) is 19.3 Å². The lowest BCUT2D eigenvalue weighted by Gasteiger charge is -2.30. The van der Waals surface area contributed by atoms with Gasteiger partial charge in [0, 0.05) is 25.8 Å². The highest BCUT2D eigenvalue weighted by atomic mass is 32.2. The van der Waals surface area contributed by atoms with Crippen molar-refractivity contribution in [3.8, 4) is 0 Å². The number of anilines is 1. The quantitative estimate of drug-likeness (QED) is 0.695.